The second-order valence-electron chi connectivity index (χ2n) is 8.33. The summed E-state index contributed by atoms with van der Waals surface area (Å²) in [4.78, 5) is 26.8. The van der Waals surface area contributed by atoms with Gasteiger partial charge in [0.1, 0.15) is 5.82 Å². The molecule has 4 nitrogen and oxygen atoms in total. The molecule has 2 amide bonds. The molecule has 0 saturated carbocycles. The van der Waals surface area contributed by atoms with Gasteiger partial charge < -0.3 is 10.2 Å². The van der Waals surface area contributed by atoms with E-state index in [1.54, 1.807) is 12.1 Å². The molecule has 0 aromatic heterocycles. The van der Waals surface area contributed by atoms with Crippen molar-refractivity contribution in [2.75, 3.05) is 13.1 Å². The Balaban J connectivity index is 1.85. The van der Waals surface area contributed by atoms with E-state index in [2.05, 4.69) is 12.2 Å². The van der Waals surface area contributed by atoms with Crippen LogP contribution in [0.2, 0.25) is 0 Å². The molecular formula is C21H31FN2O2. The lowest BCUT2D eigenvalue weighted by molar-refractivity contribution is -0.142. The zero-order chi connectivity index (χ0) is 19.3. The predicted molar refractivity (Wildman–Crippen MR) is 101 cm³/mol. The molecule has 0 radical (unpaired) electrons. The van der Waals surface area contributed by atoms with E-state index < -0.39 is 0 Å². The van der Waals surface area contributed by atoms with Crippen LogP contribution < -0.4 is 5.32 Å². The van der Waals surface area contributed by atoms with Gasteiger partial charge in [0.2, 0.25) is 11.8 Å². The van der Waals surface area contributed by atoms with Gasteiger partial charge in [-0.15, -0.1) is 0 Å². The maximum absolute atomic E-state index is 12.9. The van der Waals surface area contributed by atoms with Gasteiger partial charge in [-0.1, -0.05) is 46.2 Å². The molecule has 2 atom stereocenters. The van der Waals surface area contributed by atoms with E-state index in [-0.39, 0.29) is 23.0 Å². The molecule has 0 spiro atoms. The molecule has 1 aliphatic rings. The van der Waals surface area contributed by atoms with E-state index in [1.807, 2.05) is 25.7 Å². The fraction of sp³-hybridized carbons (Fsp3) is 0.619. The van der Waals surface area contributed by atoms with E-state index in [0.717, 1.165) is 31.5 Å². The van der Waals surface area contributed by atoms with Gasteiger partial charge in [-0.3, -0.25) is 9.59 Å². The van der Waals surface area contributed by atoms with Gasteiger partial charge in [-0.25, -0.2) is 4.39 Å². The molecular weight excluding hydrogens is 331 g/mol. The molecule has 5 heteroatoms. The van der Waals surface area contributed by atoms with Crippen LogP contribution in [0, 0.1) is 23.1 Å². The number of benzene rings is 1. The first-order chi connectivity index (χ1) is 12.2. The molecule has 1 N–H and O–H groups in total. The summed E-state index contributed by atoms with van der Waals surface area (Å²) in [7, 11) is 0. The van der Waals surface area contributed by atoms with Crippen LogP contribution in [0.5, 0.6) is 0 Å². The molecule has 1 aromatic carbocycles. The Bertz CT molecular complexity index is 622. The van der Waals surface area contributed by atoms with Crippen molar-refractivity contribution in [2.45, 2.75) is 53.5 Å². The zero-order valence-electron chi connectivity index (χ0n) is 16.3. The second kappa shape index (κ2) is 8.65. The maximum Gasteiger partial charge on any atom is 0.227 e. The number of hydrogen-bond acceptors (Lipinski definition) is 2. The minimum atomic E-state index is -0.363. The normalized spacial score (nSPS) is 20.7. The Labute approximate surface area is 156 Å². The Hall–Kier alpha value is -1.91. The van der Waals surface area contributed by atoms with Gasteiger partial charge in [-0.2, -0.15) is 0 Å². The van der Waals surface area contributed by atoms with Crippen LogP contribution in [-0.4, -0.2) is 29.8 Å². The third kappa shape index (κ3) is 5.55. The van der Waals surface area contributed by atoms with Crippen molar-refractivity contribution in [1.82, 2.24) is 10.2 Å². The number of hydrogen-bond donors (Lipinski definition) is 1. The molecule has 144 valence electrons. The first kappa shape index (κ1) is 20.4. The summed E-state index contributed by atoms with van der Waals surface area (Å²) in [6.07, 6.45) is 2.31. The van der Waals surface area contributed by atoms with E-state index in [0.29, 0.717) is 24.8 Å². The Morgan fingerprint density at radius 2 is 1.85 bits per heavy atom. The number of rotatable bonds is 5. The monoisotopic (exact) mass is 362 g/mol. The highest BCUT2D eigenvalue weighted by Gasteiger charge is 2.35. The lowest BCUT2D eigenvalue weighted by atomic mass is 9.80. The first-order valence-corrected chi connectivity index (χ1v) is 9.51. The predicted octanol–water partition coefficient (Wildman–Crippen LogP) is 3.75. The van der Waals surface area contributed by atoms with Gasteiger partial charge >= 0.3 is 0 Å². The van der Waals surface area contributed by atoms with Crippen LogP contribution in [0.3, 0.4) is 0 Å². The zero-order valence-corrected chi connectivity index (χ0v) is 16.3. The van der Waals surface area contributed by atoms with Crippen molar-refractivity contribution >= 4 is 11.8 Å². The number of nitrogens with one attached hydrogen (secondary N) is 1. The number of carbonyl (C=O) groups is 2. The molecule has 2 rings (SSSR count). The smallest absolute Gasteiger partial charge is 0.227 e. The summed E-state index contributed by atoms with van der Waals surface area (Å²) in [5.74, 6) is 0.592. The third-order valence-electron chi connectivity index (χ3n) is 5.20. The van der Waals surface area contributed by atoms with Crippen molar-refractivity contribution in [1.29, 1.82) is 0 Å². The molecule has 0 aliphatic carbocycles. The fourth-order valence-corrected chi connectivity index (χ4v) is 3.58. The van der Waals surface area contributed by atoms with Crippen molar-refractivity contribution in [3.05, 3.63) is 35.6 Å². The minimum absolute atomic E-state index is 0.0216. The van der Waals surface area contributed by atoms with Crippen molar-refractivity contribution in [3.63, 3.8) is 0 Å². The minimum Gasteiger partial charge on any atom is -0.352 e. The quantitative estimate of drug-likeness (QED) is 0.867. The largest absolute Gasteiger partial charge is 0.352 e. The van der Waals surface area contributed by atoms with Gasteiger partial charge in [-0.05, 0) is 36.0 Å². The average molecular weight is 362 g/mol. The van der Waals surface area contributed by atoms with Crippen LogP contribution in [0.1, 0.15) is 52.5 Å². The van der Waals surface area contributed by atoms with Crippen LogP contribution in [0.15, 0.2) is 24.3 Å². The Kier molecular flexibility index (Phi) is 6.79. The first-order valence-electron chi connectivity index (χ1n) is 9.51. The topological polar surface area (TPSA) is 49.4 Å². The molecule has 0 unspecified atom stereocenters. The lowest BCUT2D eigenvalue weighted by Crippen LogP contribution is -2.48. The summed E-state index contributed by atoms with van der Waals surface area (Å²) < 4.78 is 12.9. The summed E-state index contributed by atoms with van der Waals surface area (Å²) in [6.45, 7) is 9.85. The molecule has 1 fully saturated rings. The molecule has 0 bridgehead atoms. The molecule has 1 heterocycles. The van der Waals surface area contributed by atoms with Gasteiger partial charge in [0.25, 0.3) is 0 Å². The Morgan fingerprint density at radius 1 is 1.19 bits per heavy atom. The summed E-state index contributed by atoms with van der Waals surface area (Å²) in [6, 6.07) is 6.16. The molecule has 26 heavy (non-hydrogen) atoms. The van der Waals surface area contributed by atoms with Crippen molar-refractivity contribution in [3.8, 4) is 0 Å². The van der Waals surface area contributed by atoms with E-state index in [1.165, 1.54) is 12.1 Å². The maximum atomic E-state index is 12.9. The summed E-state index contributed by atoms with van der Waals surface area (Å²) in [5, 5.41) is 2.93. The highest BCUT2D eigenvalue weighted by molar-refractivity contribution is 5.81. The average Bonchev–Trinajstić information content (AvgIpc) is 2.60. The summed E-state index contributed by atoms with van der Waals surface area (Å²) in [5.41, 5.74) is 0.523. The second-order valence-corrected chi connectivity index (χ2v) is 8.33. The Morgan fingerprint density at radius 3 is 2.42 bits per heavy atom. The van der Waals surface area contributed by atoms with E-state index in [4.69, 9.17) is 0 Å². The van der Waals surface area contributed by atoms with Crippen LogP contribution in [0.25, 0.3) is 0 Å². The number of amides is 2. The molecule has 1 saturated heterocycles. The van der Waals surface area contributed by atoms with Gasteiger partial charge in [0.05, 0.1) is 0 Å². The number of nitrogens with zero attached hydrogens (tertiary/aromatic N) is 1. The molecule has 1 aromatic rings. The number of carbonyl (C=O) groups excluding carboxylic acids is 2. The SMILES string of the molecule is CC[C@H]1CN(C(=O)C(C)(C)C)CC[C@H]1CC(=O)NCc1ccc(F)cc1. The van der Waals surface area contributed by atoms with Crippen LogP contribution in [-0.2, 0) is 16.1 Å². The van der Waals surface area contributed by atoms with Crippen LogP contribution in [0.4, 0.5) is 4.39 Å². The van der Waals surface area contributed by atoms with Crippen molar-refractivity contribution < 1.29 is 14.0 Å². The highest BCUT2D eigenvalue weighted by Crippen LogP contribution is 2.31. The third-order valence-corrected chi connectivity index (χ3v) is 5.20. The highest BCUT2D eigenvalue weighted by atomic mass is 19.1. The van der Waals surface area contributed by atoms with Crippen molar-refractivity contribution in [2.24, 2.45) is 17.3 Å². The van der Waals surface area contributed by atoms with E-state index in [9.17, 15) is 14.0 Å². The van der Waals surface area contributed by atoms with Gasteiger partial charge in [0.15, 0.2) is 0 Å². The van der Waals surface area contributed by atoms with E-state index >= 15 is 0 Å². The van der Waals surface area contributed by atoms with Gasteiger partial charge in [0, 0.05) is 31.5 Å². The molecule has 1 aliphatic heterocycles. The lowest BCUT2D eigenvalue weighted by Gasteiger charge is -2.40. The number of piperidine rings is 1. The summed E-state index contributed by atoms with van der Waals surface area (Å²) >= 11 is 0. The number of halogens is 1. The number of likely N-dealkylation sites (tertiary alicyclic amines) is 1. The fourth-order valence-electron chi connectivity index (χ4n) is 3.58. The standard InChI is InChI=1S/C21H31FN2O2/c1-5-16-14-24(20(26)21(2,3)4)11-10-17(16)12-19(25)23-13-15-6-8-18(22)9-7-15/h6-9,16-17H,5,10-14H2,1-4H3,(H,23,25)/t16-,17-/m0/s1. The van der Waals surface area contributed by atoms with Crippen LogP contribution >= 0.6 is 0 Å².